The highest BCUT2D eigenvalue weighted by molar-refractivity contribution is 5.96. The molecule has 2 amide bonds. The van der Waals surface area contributed by atoms with E-state index in [-0.39, 0.29) is 30.3 Å². The molecule has 3 aromatic rings. The van der Waals surface area contributed by atoms with Gasteiger partial charge in [0, 0.05) is 23.7 Å². The summed E-state index contributed by atoms with van der Waals surface area (Å²) in [6.07, 6.45) is -0.00670. The lowest BCUT2D eigenvalue weighted by atomic mass is 9.98. The molecule has 2 unspecified atom stereocenters. The predicted molar refractivity (Wildman–Crippen MR) is 131 cm³/mol. The molecule has 3 N–H and O–H groups in total. The normalized spacial score (nSPS) is 17.7. The van der Waals surface area contributed by atoms with Crippen LogP contribution in [0.1, 0.15) is 39.4 Å². The van der Waals surface area contributed by atoms with Crippen LogP contribution in [0.3, 0.4) is 0 Å². The Bertz CT molecular complexity index is 1270. The fourth-order valence-corrected chi connectivity index (χ4v) is 4.74. The maximum absolute atomic E-state index is 12.7. The summed E-state index contributed by atoms with van der Waals surface area (Å²) in [7, 11) is 0. The molecule has 2 aliphatic rings. The highest BCUT2D eigenvalue weighted by atomic mass is 16.5. The number of carbonyl (C=O) groups is 3. The van der Waals surface area contributed by atoms with Gasteiger partial charge in [0.15, 0.2) is 0 Å². The van der Waals surface area contributed by atoms with Gasteiger partial charge in [-0.3, -0.25) is 14.9 Å². The molecular weight excluding hydrogens is 444 g/mol. The van der Waals surface area contributed by atoms with Gasteiger partial charge in [0.1, 0.15) is 6.61 Å². The molecule has 35 heavy (non-hydrogen) atoms. The van der Waals surface area contributed by atoms with Crippen molar-refractivity contribution < 1.29 is 24.2 Å². The maximum atomic E-state index is 12.7. The van der Waals surface area contributed by atoms with Crippen LogP contribution in [0.4, 0.5) is 10.5 Å². The number of nitrogens with one attached hydrogen (secondary N) is 2. The first-order chi connectivity index (χ1) is 16.9. The number of carbonyl (C=O) groups excluding carboxylic acids is 2. The third-order valence-electron chi connectivity index (χ3n) is 6.84. The average Bonchev–Trinajstić information content (AvgIpc) is 3.58. The minimum absolute atomic E-state index is 0.0275. The van der Waals surface area contributed by atoms with Crippen LogP contribution in [0.15, 0.2) is 66.7 Å². The largest absolute Gasteiger partial charge is 0.481 e. The van der Waals surface area contributed by atoms with E-state index < -0.39 is 12.1 Å². The van der Waals surface area contributed by atoms with Gasteiger partial charge in [-0.2, -0.15) is 0 Å². The molecule has 0 bridgehead atoms. The third kappa shape index (κ3) is 4.62. The minimum Gasteiger partial charge on any atom is -0.481 e. The molecule has 7 nitrogen and oxygen atoms in total. The molecule has 0 spiro atoms. The molecule has 0 saturated heterocycles. The van der Waals surface area contributed by atoms with Gasteiger partial charge < -0.3 is 15.2 Å². The molecule has 0 aromatic heterocycles. The molecule has 0 radical (unpaired) electrons. The van der Waals surface area contributed by atoms with Gasteiger partial charge in [-0.1, -0.05) is 54.6 Å². The first kappa shape index (κ1) is 22.7. The zero-order chi connectivity index (χ0) is 24.5. The SMILES string of the molecule is Cc1ccc(C(=O)NCC2CC2C(=O)O)cc1NC(=O)OCC1c2ccccc2-c2ccccc21. The summed E-state index contributed by atoms with van der Waals surface area (Å²) in [4.78, 5) is 36.2. The van der Waals surface area contributed by atoms with Gasteiger partial charge in [-0.05, 0) is 59.2 Å². The summed E-state index contributed by atoms with van der Waals surface area (Å²) in [5.41, 5.74) is 6.26. The van der Waals surface area contributed by atoms with Crippen LogP contribution in [-0.4, -0.2) is 36.2 Å². The number of amides is 2. The van der Waals surface area contributed by atoms with Crippen molar-refractivity contribution in [3.05, 3.63) is 89.0 Å². The summed E-state index contributed by atoms with van der Waals surface area (Å²) >= 11 is 0. The smallest absolute Gasteiger partial charge is 0.411 e. The van der Waals surface area contributed by atoms with E-state index in [1.54, 1.807) is 18.2 Å². The van der Waals surface area contributed by atoms with E-state index in [1.165, 1.54) is 0 Å². The van der Waals surface area contributed by atoms with Gasteiger partial charge in [0.25, 0.3) is 5.91 Å². The van der Waals surface area contributed by atoms with Crippen molar-refractivity contribution in [2.75, 3.05) is 18.5 Å². The van der Waals surface area contributed by atoms with Crippen LogP contribution in [0.25, 0.3) is 11.1 Å². The van der Waals surface area contributed by atoms with Crippen molar-refractivity contribution in [1.82, 2.24) is 5.32 Å². The molecule has 7 heteroatoms. The maximum Gasteiger partial charge on any atom is 0.411 e. The third-order valence-corrected chi connectivity index (χ3v) is 6.84. The second-order valence-corrected chi connectivity index (χ2v) is 9.13. The molecule has 178 valence electrons. The number of ether oxygens (including phenoxy) is 1. The highest BCUT2D eigenvalue weighted by Crippen LogP contribution is 2.44. The Hall–Kier alpha value is -4.13. The van der Waals surface area contributed by atoms with Crippen molar-refractivity contribution in [3.63, 3.8) is 0 Å². The van der Waals surface area contributed by atoms with Crippen molar-refractivity contribution in [1.29, 1.82) is 0 Å². The van der Waals surface area contributed by atoms with Crippen molar-refractivity contribution in [2.24, 2.45) is 11.8 Å². The summed E-state index contributed by atoms with van der Waals surface area (Å²) in [5, 5.41) is 14.5. The van der Waals surface area contributed by atoms with E-state index in [4.69, 9.17) is 9.84 Å². The Labute approximate surface area is 203 Å². The second kappa shape index (κ2) is 9.25. The van der Waals surface area contributed by atoms with E-state index in [0.717, 1.165) is 27.8 Å². The van der Waals surface area contributed by atoms with Crippen LogP contribution in [-0.2, 0) is 9.53 Å². The molecule has 3 aromatic carbocycles. The Morgan fingerprint density at radius 1 is 0.971 bits per heavy atom. The van der Waals surface area contributed by atoms with Crippen LogP contribution < -0.4 is 10.6 Å². The van der Waals surface area contributed by atoms with Crippen LogP contribution in [0.2, 0.25) is 0 Å². The number of carboxylic acids is 1. The highest BCUT2D eigenvalue weighted by Gasteiger charge is 2.43. The molecule has 1 saturated carbocycles. The van der Waals surface area contributed by atoms with Gasteiger partial charge >= 0.3 is 12.1 Å². The van der Waals surface area contributed by atoms with E-state index in [2.05, 4.69) is 34.9 Å². The van der Waals surface area contributed by atoms with Gasteiger partial charge in [-0.15, -0.1) is 0 Å². The number of hydrogen-bond acceptors (Lipinski definition) is 4. The van der Waals surface area contributed by atoms with Crippen molar-refractivity contribution in [3.8, 4) is 11.1 Å². The number of rotatable bonds is 7. The van der Waals surface area contributed by atoms with E-state index in [0.29, 0.717) is 24.2 Å². The molecule has 0 heterocycles. The number of fused-ring (bicyclic) bond motifs is 3. The van der Waals surface area contributed by atoms with Crippen molar-refractivity contribution >= 4 is 23.7 Å². The monoisotopic (exact) mass is 470 g/mol. The van der Waals surface area contributed by atoms with Crippen LogP contribution in [0, 0.1) is 18.8 Å². The van der Waals surface area contributed by atoms with Gasteiger partial charge in [-0.25, -0.2) is 4.79 Å². The number of carboxylic acid groups (broad SMARTS) is 1. The van der Waals surface area contributed by atoms with E-state index >= 15 is 0 Å². The van der Waals surface area contributed by atoms with Crippen molar-refractivity contribution in [2.45, 2.75) is 19.3 Å². The second-order valence-electron chi connectivity index (χ2n) is 9.13. The number of aliphatic carboxylic acids is 1. The van der Waals surface area contributed by atoms with Gasteiger partial charge in [0.05, 0.1) is 5.92 Å². The molecule has 2 atom stereocenters. The Morgan fingerprint density at radius 3 is 2.26 bits per heavy atom. The lowest BCUT2D eigenvalue weighted by molar-refractivity contribution is -0.138. The quantitative estimate of drug-likeness (QED) is 0.460. The van der Waals surface area contributed by atoms with Crippen LogP contribution in [0.5, 0.6) is 0 Å². The summed E-state index contributed by atoms with van der Waals surface area (Å²) in [6, 6.07) is 21.3. The zero-order valence-electron chi connectivity index (χ0n) is 19.3. The Morgan fingerprint density at radius 2 is 1.63 bits per heavy atom. The van der Waals surface area contributed by atoms with Gasteiger partial charge in [0.2, 0.25) is 0 Å². The van der Waals surface area contributed by atoms with E-state index in [9.17, 15) is 14.4 Å². The topological polar surface area (TPSA) is 105 Å². The zero-order valence-corrected chi connectivity index (χ0v) is 19.3. The summed E-state index contributed by atoms with van der Waals surface area (Å²) in [6.45, 7) is 2.35. The summed E-state index contributed by atoms with van der Waals surface area (Å²) < 4.78 is 5.61. The minimum atomic E-state index is -0.825. The fraction of sp³-hybridized carbons (Fsp3) is 0.250. The number of hydrogen-bond donors (Lipinski definition) is 3. The predicted octanol–water partition coefficient (Wildman–Crippen LogP) is 4.81. The molecular formula is C28H26N2O5. The average molecular weight is 471 g/mol. The number of anilines is 1. The first-order valence-corrected chi connectivity index (χ1v) is 11.7. The lowest BCUT2D eigenvalue weighted by Gasteiger charge is -2.15. The van der Waals surface area contributed by atoms with Crippen LogP contribution >= 0.6 is 0 Å². The summed E-state index contributed by atoms with van der Waals surface area (Å²) in [5.74, 6) is -1.58. The number of aryl methyl sites for hydroxylation is 1. The molecule has 0 aliphatic heterocycles. The Balaban J connectivity index is 1.21. The molecule has 5 rings (SSSR count). The fourth-order valence-electron chi connectivity index (χ4n) is 4.74. The van der Waals surface area contributed by atoms with E-state index in [1.807, 2.05) is 31.2 Å². The molecule has 1 fully saturated rings. The molecule has 2 aliphatic carbocycles. The first-order valence-electron chi connectivity index (χ1n) is 11.7. The Kier molecular flexibility index (Phi) is 5.99. The number of benzene rings is 3. The lowest BCUT2D eigenvalue weighted by Crippen LogP contribution is -2.26. The standard InChI is InChI=1S/C28H26N2O5/c1-16-10-11-17(26(31)29-14-18-12-23(18)27(32)33)13-25(16)30-28(34)35-15-24-21-8-4-2-6-19(21)20-7-3-5-9-22(20)24/h2-11,13,18,23-24H,12,14-15H2,1H3,(H,29,31)(H,30,34)(H,32,33).